The molecule has 0 saturated heterocycles. The zero-order valence-electron chi connectivity index (χ0n) is 8.07. The Morgan fingerprint density at radius 1 is 1.50 bits per heavy atom. The van der Waals surface area contributed by atoms with Crippen molar-refractivity contribution in [3.63, 3.8) is 0 Å². The van der Waals surface area contributed by atoms with E-state index in [1.54, 1.807) is 0 Å². The highest BCUT2D eigenvalue weighted by molar-refractivity contribution is 7.03. The van der Waals surface area contributed by atoms with Crippen molar-refractivity contribution in [1.29, 1.82) is 0 Å². The van der Waals surface area contributed by atoms with E-state index in [0.29, 0.717) is 13.1 Å². The third-order valence-electron chi connectivity index (χ3n) is 2.70. The van der Waals surface area contributed by atoms with Crippen molar-refractivity contribution >= 4 is 11.5 Å². The lowest BCUT2D eigenvalue weighted by Crippen LogP contribution is -2.37. The zero-order chi connectivity index (χ0) is 9.86. The third-order valence-corrected chi connectivity index (χ3v) is 3.25. The van der Waals surface area contributed by atoms with Crippen molar-refractivity contribution in [2.75, 3.05) is 6.54 Å². The molecule has 0 bridgehead atoms. The molecule has 78 valence electrons. The summed E-state index contributed by atoms with van der Waals surface area (Å²) in [4.78, 5) is 0. The standard InChI is InChI=1S/C9H15N3OS/c13-9(3-1-2-4-9)7-10-5-8-6-14-12-11-8/h6,10,13H,1-5,7H2. The van der Waals surface area contributed by atoms with Crippen LogP contribution in [0.15, 0.2) is 5.38 Å². The Morgan fingerprint density at radius 2 is 2.29 bits per heavy atom. The second-order valence-electron chi connectivity index (χ2n) is 3.93. The van der Waals surface area contributed by atoms with E-state index < -0.39 is 5.60 Å². The molecule has 1 aromatic rings. The number of nitrogens with one attached hydrogen (secondary N) is 1. The Bertz CT molecular complexity index is 270. The molecule has 5 heteroatoms. The number of hydrogen-bond donors (Lipinski definition) is 2. The molecular formula is C9H15N3OS. The molecule has 2 rings (SSSR count). The molecule has 1 fully saturated rings. The summed E-state index contributed by atoms with van der Waals surface area (Å²) < 4.78 is 3.78. The van der Waals surface area contributed by atoms with Crippen molar-refractivity contribution in [2.45, 2.75) is 37.8 Å². The Balaban J connectivity index is 1.72. The predicted octanol–water partition coefficient (Wildman–Crippen LogP) is 0.933. The van der Waals surface area contributed by atoms with Crippen LogP contribution in [0.3, 0.4) is 0 Å². The molecule has 0 radical (unpaired) electrons. The summed E-state index contributed by atoms with van der Waals surface area (Å²) in [6.07, 6.45) is 4.15. The molecule has 1 saturated carbocycles. The lowest BCUT2D eigenvalue weighted by atomic mass is 10.0. The van der Waals surface area contributed by atoms with Gasteiger partial charge in [-0.1, -0.05) is 17.3 Å². The van der Waals surface area contributed by atoms with Gasteiger partial charge < -0.3 is 10.4 Å². The summed E-state index contributed by atoms with van der Waals surface area (Å²) in [6.45, 7) is 1.38. The van der Waals surface area contributed by atoms with Crippen molar-refractivity contribution < 1.29 is 5.11 Å². The molecule has 0 amide bonds. The van der Waals surface area contributed by atoms with Gasteiger partial charge in [0.05, 0.1) is 11.3 Å². The maximum Gasteiger partial charge on any atom is 0.0893 e. The minimum absolute atomic E-state index is 0.469. The van der Waals surface area contributed by atoms with Gasteiger partial charge in [-0.2, -0.15) is 0 Å². The molecular weight excluding hydrogens is 198 g/mol. The SMILES string of the molecule is OC1(CNCc2csnn2)CCCC1. The van der Waals surface area contributed by atoms with Gasteiger partial charge in [0.25, 0.3) is 0 Å². The van der Waals surface area contributed by atoms with Crippen LogP contribution in [0.25, 0.3) is 0 Å². The summed E-state index contributed by atoms with van der Waals surface area (Å²) in [7, 11) is 0. The largest absolute Gasteiger partial charge is 0.389 e. The van der Waals surface area contributed by atoms with Gasteiger partial charge in [0.2, 0.25) is 0 Å². The first-order valence-corrected chi connectivity index (χ1v) is 5.81. The number of aromatic nitrogens is 2. The number of aliphatic hydroxyl groups is 1. The van der Waals surface area contributed by atoms with E-state index in [2.05, 4.69) is 14.9 Å². The lowest BCUT2D eigenvalue weighted by molar-refractivity contribution is 0.0474. The quantitative estimate of drug-likeness (QED) is 0.781. The lowest BCUT2D eigenvalue weighted by Gasteiger charge is -2.21. The fourth-order valence-corrected chi connectivity index (χ4v) is 2.35. The summed E-state index contributed by atoms with van der Waals surface area (Å²) >= 11 is 1.36. The topological polar surface area (TPSA) is 58.0 Å². The highest BCUT2D eigenvalue weighted by atomic mass is 32.1. The molecule has 1 aliphatic rings. The number of hydrogen-bond acceptors (Lipinski definition) is 5. The van der Waals surface area contributed by atoms with Crippen LogP contribution in [0, 0.1) is 0 Å². The van der Waals surface area contributed by atoms with Gasteiger partial charge >= 0.3 is 0 Å². The molecule has 0 spiro atoms. The maximum atomic E-state index is 10.0. The van der Waals surface area contributed by atoms with Crippen LogP contribution >= 0.6 is 11.5 Å². The van der Waals surface area contributed by atoms with Crippen molar-refractivity contribution in [1.82, 2.24) is 14.9 Å². The van der Waals surface area contributed by atoms with Crippen molar-refractivity contribution in [2.24, 2.45) is 0 Å². The van der Waals surface area contributed by atoms with E-state index >= 15 is 0 Å². The van der Waals surface area contributed by atoms with Gasteiger partial charge in [-0.3, -0.25) is 0 Å². The summed E-state index contributed by atoms with van der Waals surface area (Å²) in [5.41, 5.74) is 0.486. The Morgan fingerprint density at radius 3 is 2.93 bits per heavy atom. The Labute approximate surface area is 87.5 Å². The predicted molar refractivity (Wildman–Crippen MR) is 55.0 cm³/mol. The van der Waals surface area contributed by atoms with E-state index in [9.17, 15) is 5.11 Å². The fraction of sp³-hybridized carbons (Fsp3) is 0.778. The highest BCUT2D eigenvalue weighted by Crippen LogP contribution is 2.28. The van der Waals surface area contributed by atoms with Crippen LogP contribution in [0.4, 0.5) is 0 Å². The van der Waals surface area contributed by atoms with Crippen LogP contribution in [0.5, 0.6) is 0 Å². The summed E-state index contributed by atoms with van der Waals surface area (Å²) in [5, 5.41) is 19.1. The number of nitrogens with zero attached hydrogens (tertiary/aromatic N) is 2. The molecule has 4 nitrogen and oxygen atoms in total. The number of rotatable bonds is 4. The molecule has 14 heavy (non-hydrogen) atoms. The van der Waals surface area contributed by atoms with Gasteiger partial charge in [0.15, 0.2) is 0 Å². The minimum atomic E-state index is -0.469. The second-order valence-corrected chi connectivity index (χ2v) is 4.54. The molecule has 0 unspecified atom stereocenters. The normalized spacial score (nSPS) is 20.1. The second kappa shape index (κ2) is 4.33. The van der Waals surface area contributed by atoms with Gasteiger partial charge in [-0.25, -0.2) is 0 Å². The zero-order valence-corrected chi connectivity index (χ0v) is 8.89. The Hall–Kier alpha value is -0.520. The van der Waals surface area contributed by atoms with Gasteiger partial charge in [-0.15, -0.1) is 5.10 Å². The molecule has 0 aromatic carbocycles. The average Bonchev–Trinajstić information content (AvgIpc) is 2.77. The first-order valence-electron chi connectivity index (χ1n) is 4.98. The van der Waals surface area contributed by atoms with Crippen LogP contribution in [0.2, 0.25) is 0 Å². The first-order chi connectivity index (χ1) is 6.79. The van der Waals surface area contributed by atoms with Crippen molar-refractivity contribution in [3.05, 3.63) is 11.1 Å². The van der Waals surface area contributed by atoms with Gasteiger partial charge in [-0.05, 0) is 24.4 Å². The molecule has 1 heterocycles. The third kappa shape index (κ3) is 2.50. The van der Waals surface area contributed by atoms with Gasteiger partial charge in [0.1, 0.15) is 0 Å². The maximum absolute atomic E-state index is 10.0. The molecule has 2 N–H and O–H groups in total. The first kappa shape index (κ1) is 10.0. The van der Waals surface area contributed by atoms with E-state index in [-0.39, 0.29) is 0 Å². The van der Waals surface area contributed by atoms with E-state index in [4.69, 9.17) is 0 Å². The molecule has 0 aliphatic heterocycles. The molecule has 1 aromatic heterocycles. The van der Waals surface area contributed by atoms with E-state index in [0.717, 1.165) is 31.4 Å². The van der Waals surface area contributed by atoms with Crippen molar-refractivity contribution in [3.8, 4) is 0 Å². The van der Waals surface area contributed by atoms with Crippen LogP contribution in [0.1, 0.15) is 31.4 Å². The molecule has 0 atom stereocenters. The Kier molecular flexibility index (Phi) is 3.10. The van der Waals surface area contributed by atoms with Crippen LogP contribution in [-0.4, -0.2) is 26.8 Å². The van der Waals surface area contributed by atoms with Gasteiger partial charge in [0, 0.05) is 18.5 Å². The summed E-state index contributed by atoms with van der Waals surface area (Å²) in [5.74, 6) is 0. The molecule has 1 aliphatic carbocycles. The van der Waals surface area contributed by atoms with Crippen LogP contribution < -0.4 is 5.32 Å². The van der Waals surface area contributed by atoms with E-state index in [1.165, 1.54) is 11.5 Å². The summed E-state index contributed by atoms with van der Waals surface area (Å²) in [6, 6.07) is 0. The minimum Gasteiger partial charge on any atom is -0.389 e. The smallest absolute Gasteiger partial charge is 0.0893 e. The van der Waals surface area contributed by atoms with Crippen LogP contribution in [-0.2, 0) is 6.54 Å². The van der Waals surface area contributed by atoms with E-state index in [1.807, 2.05) is 5.38 Å². The monoisotopic (exact) mass is 213 g/mol. The highest BCUT2D eigenvalue weighted by Gasteiger charge is 2.30. The average molecular weight is 213 g/mol. The fourth-order valence-electron chi connectivity index (χ4n) is 1.89.